The predicted octanol–water partition coefficient (Wildman–Crippen LogP) is 1.67. The normalized spacial score (nSPS) is 17.0. The van der Waals surface area contributed by atoms with Crippen LogP contribution in [0.5, 0.6) is 0 Å². The first-order valence-electron chi connectivity index (χ1n) is 6.69. The Bertz CT molecular complexity index is 619. The number of halogens is 1. The van der Waals surface area contributed by atoms with Crippen LogP contribution in [0.3, 0.4) is 0 Å². The van der Waals surface area contributed by atoms with Gasteiger partial charge in [0.1, 0.15) is 0 Å². The van der Waals surface area contributed by atoms with Crippen molar-refractivity contribution in [1.29, 1.82) is 5.26 Å². The minimum Gasteiger partial charge on any atom is -0.329 e. The van der Waals surface area contributed by atoms with E-state index in [0.717, 1.165) is 25.7 Å². The highest BCUT2D eigenvalue weighted by Gasteiger charge is 2.36. The van der Waals surface area contributed by atoms with E-state index in [1.54, 1.807) is 24.3 Å². The van der Waals surface area contributed by atoms with Crippen LogP contribution in [0.25, 0.3) is 0 Å². The molecule has 0 radical (unpaired) electrons. The molecule has 21 heavy (non-hydrogen) atoms. The lowest BCUT2D eigenvalue weighted by atomic mass is 10.0. The van der Waals surface area contributed by atoms with Gasteiger partial charge in [-0.3, -0.25) is 0 Å². The van der Waals surface area contributed by atoms with Gasteiger partial charge in [-0.1, -0.05) is 25.0 Å². The second-order valence-corrected chi connectivity index (χ2v) is 7.09. The van der Waals surface area contributed by atoms with Crippen LogP contribution in [-0.2, 0) is 15.8 Å². The molecule has 0 aliphatic heterocycles. The lowest BCUT2D eigenvalue weighted by Crippen LogP contribution is -2.51. The Morgan fingerprint density at radius 3 is 2.57 bits per heavy atom. The third-order valence-corrected chi connectivity index (χ3v) is 5.19. The number of nitrogens with two attached hydrogens (primary N) is 1. The van der Waals surface area contributed by atoms with Gasteiger partial charge in [-0.2, -0.15) is 5.26 Å². The summed E-state index contributed by atoms with van der Waals surface area (Å²) in [5.74, 6) is -0.121. The van der Waals surface area contributed by atoms with Gasteiger partial charge in [0.15, 0.2) is 0 Å². The number of nitrogens with zero attached hydrogens (tertiary/aromatic N) is 1. The Balaban J connectivity index is 0.00000220. The van der Waals surface area contributed by atoms with Gasteiger partial charge in [-0.15, -0.1) is 12.4 Å². The molecule has 5 nitrogen and oxygen atoms in total. The SMILES string of the molecule is Cl.N#Cc1cccc(CS(=O)(=O)NC2(CN)CCCC2)c1. The second kappa shape index (κ2) is 7.23. The third kappa shape index (κ3) is 4.68. The highest BCUT2D eigenvalue weighted by molar-refractivity contribution is 7.88. The summed E-state index contributed by atoms with van der Waals surface area (Å²) < 4.78 is 27.3. The minimum absolute atomic E-state index is 0. The Morgan fingerprint density at radius 2 is 2.00 bits per heavy atom. The summed E-state index contributed by atoms with van der Waals surface area (Å²) >= 11 is 0. The van der Waals surface area contributed by atoms with Crippen molar-refractivity contribution in [3.63, 3.8) is 0 Å². The standard InChI is InChI=1S/C14H19N3O2S.ClH/c15-9-12-4-3-5-13(8-12)10-20(18,19)17-14(11-16)6-1-2-7-14;/h3-5,8,17H,1-2,6-7,10-11,16H2;1H. The predicted molar refractivity (Wildman–Crippen MR) is 84.4 cm³/mol. The van der Waals surface area contributed by atoms with E-state index in [1.165, 1.54) is 0 Å². The first-order valence-corrected chi connectivity index (χ1v) is 8.35. The topological polar surface area (TPSA) is 96.0 Å². The van der Waals surface area contributed by atoms with Crippen LogP contribution in [0.1, 0.15) is 36.8 Å². The Hall–Kier alpha value is -1.13. The molecule has 0 unspecified atom stereocenters. The number of rotatable bonds is 5. The van der Waals surface area contributed by atoms with Crippen molar-refractivity contribution in [1.82, 2.24) is 4.72 Å². The molecular weight excluding hydrogens is 310 g/mol. The first-order chi connectivity index (χ1) is 9.49. The molecule has 0 aromatic heterocycles. The van der Waals surface area contributed by atoms with Crippen molar-refractivity contribution in [2.24, 2.45) is 5.73 Å². The average Bonchev–Trinajstić information content (AvgIpc) is 2.86. The van der Waals surface area contributed by atoms with Gasteiger partial charge in [0.25, 0.3) is 0 Å². The molecular formula is C14H20ClN3O2S. The van der Waals surface area contributed by atoms with Crippen molar-refractivity contribution in [3.8, 4) is 6.07 Å². The van der Waals surface area contributed by atoms with Gasteiger partial charge >= 0.3 is 0 Å². The van der Waals surface area contributed by atoms with E-state index in [0.29, 0.717) is 17.7 Å². The number of nitriles is 1. The monoisotopic (exact) mass is 329 g/mol. The van der Waals surface area contributed by atoms with Crippen LogP contribution in [0, 0.1) is 11.3 Å². The minimum atomic E-state index is -3.45. The van der Waals surface area contributed by atoms with Gasteiger partial charge in [0.2, 0.25) is 10.0 Å². The number of hydrogen-bond donors (Lipinski definition) is 2. The van der Waals surface area contributed by atoms with E-state index in [1.807, 2.05) is 6.07 Å². The molecule has 0 amide bonds. The van der Waals surface area contributed by atoms with Gasteiger partial charge in [-0.25, -0.2) is 13.1 Å². The van der Waals surface area contributed by atoms with Crippen LogP contribution in [0.2, 0.25) is 0 Å². The summed E-state index contributed by atoms with van der Waals surface area (Å²) in [6.07, 6.45) is 3.59. The fourth-order valence-electron chi connectivity index (χ4n) is 2.72. The molecule has 0 atom stereocenters. The van der Waals surface area contributed by atoms with E-state index in [2.05, 4.69) is 4.72 Å². The largest absolute Gasteiger partial charge is 0.329 e. The van der Waals surface area contributed by atoms with Gasteiger partial charge in [0, 0.05) is 12.1 Å². The molecule has 1 aromatic rings. The summed E-state index contributed by atoms with van der Waals surface area (Å²) in [5.41, 5.74) is 6.34. The van der Waals surface area contributed by atoms with Crippen molar-refractivity contribution in [2.75, 3.05) is 6.54 Å². The maximum Gasteiger partial charge on any atom is 0.216 e. The van der Waals surface area contributed by atoms with E-state index < -0.39 is 15.6 Å². The lowest BCUT2D eigenvalue weighted by Gasteiger charge is -2.28. The highest BCUT2D eigenvalue weighted by Crippen LogP contribution is 2.29. The first kappa shape index (κ1) is 17.9. The van der Waals surface area contributed by atoms with Gasteiger partial charge in [-0.05, 0) is 30.5 Å². The van der Waals surface area contributed by atoms with Gasteiger partial charge < -0.3 is 5.73 Å². The summed E-state index contributed by atoms with van der Waals surface area (Å²) in [5, 5.41) is 8.84. The van der Waals surface area contributed by atoms with Crippen molar-refractivity contribution in [2.45, 2.75) is 37.0 Å². The molecule has 1 saturated carbocycles. The van der Waals surface area contributed by atoms with Crippen molar-refractivity contribution < 1.29 is 8.42 Å². The maximum atomic E-state index is 12.3. The molecule has 0 heterocycles. The Kier molecular flexibility index (Phi) is 6.17. The molecule has 0 spiro atoms. The number of hydrogen-bond acceptors (Lipinski definition) is 4. The molecule has 7 heteroatoms. The van der Waals surface area contributed by atoms with E-state index >= 15 is 0 Å². The molecule has 116 valence electrons. The van der Waals surface area contributed by atoms with Crippen LogP contribution >= 0.6 is 12.4 Å². The smallest absolute Gasteiger partial charge is 0.216 e. The average molecular weight is 330 g/mol. The highest BCUT2D eigenvalue weighted by atomic mass is 35.5. The molecule has 0 saturated heterocycles. The molecule has 3 N–H and O–H groups in total. The molecule has 0 bridgehead atoms. The molecule has 2 rings (SSSR count). The van der Waals surface area contributed by atoms with Crippen molar-refractivity contribution in [3.05, 3.63) is 35.4 Å². The molecule has 1 aliphatic rings. The molecule has 1 aromatic carbocycles. The second-order valence-electron chi connectivity index (χ2n) is 5.36. The van der Waals surface area contributed by atoms with Crippen LogP contribution in [0.15, 0.2) is 24.3 Å². The summed E-state index contributed by atoms with van der Waals surface area (Å²) in [6.45, 7) is 0.324. The van der Waals surface area contributed by atoms with Crippen molar-refractivity contribution >= 4 is 22.4 Å². The van der Waals surface area contributed by atoms with Crippen LogP contribution in [0.4, 0.5) is 0 Å². The quantitative estimate of drug-likeness (QED) is 0.858. The van der Waals surface area contributed by atoms with E-state index in [-0.39, 0.29) is 18.2 Å². The van der Waals surface area contributed by atoms with E-state index in [9.17, 15) is 8.42 Å². The summed E-state index contributed by atoms with van der Waals surface area (Å²) in [7, 11) is -3.45. The number of sulfonamides is 1. The summed E-state index contributed by atoms with van der Waals surface area (Å²) in [6, 6.07) is 8.67. The molecule has 1 fully saturated rings. The van der Waals surface area contributed by atoms with E-state index in [4.69, 9.17) is 11.0 Å². The maximum absolute atomic E-state index is 12.3. The fourth-order valence-corrected chi connectivity index (χ4v) is 4.35. The Morgan fingerprint density at radius 1 is 1.33 bits per heavy atom. The fraction of sp³-hybridized carbons (Fsp3) is 0.500. The summed E-state index contributed by atoms with van der Waals surface area (Å²) in [4.78, 5) is 0. The zero-order valence-electron chi connectivity index (χ0n) is 11.7. The number of benzene rings is 1. The zero-order valence-corrected chi connectivity index (χ0v) is 13.3. The van der Waals surface area contributed by atoms with Crippen LogP contribution < -0.4 is 10.5 Å². The van der Waals surface area contributed by atoms with Gasteiger partial charge in [0.05, 0.1) is 17.4 Å². The lowest BCUT2D eigenvalue weighted by molar-refractivity contribution is 0.399. The molecule has 1 aliphatic carbocycles. The number of nitrogens with one attached hydrogen (secondary N) is 1. The van der Waals surface area contributed by atoms with Crippen LogP contribution in [-0.4, -0.2) is 20.5 Å². The Labute approximate surface area is 132 Å². The third-order valence-electron chi connectivity index (χ3n) is 3.74. The zero-order chi connectivity index (χ0) is 14.6.